The number of nitrogens with one attached hydrogen (secondary N) is 1. The van der Waals surface area contributed by atoms with Crippen LogP contribution in [0.3, 0.4) is 0 Å². The molecule has 0 fully saturated rings. The summed E-state index contributed by atoms with van der Waals surface area (Å²) in [6.07, 6.45) is -5.41. The van der Waals surface area contributed by atoms with Crippen LogP contribution in [-0.2, 0) is 15.6 Å². The first kappa shape index (κ1) is 22.4. The van der Waals surface area contributed by atoms with Crippen molar-refractivity contribution in [3.8, 4) is 11.3 Å². The zero-order valence-electron chi connectivity index (χ0n) is 15.6. The van der Waals surface area contributed by atoms with Gasteiger partial charge in [-0.05, 0) is 32.9 Å². The smallest absolute Gasteiger partial charge is 0.352 e. The summed E-state index contributed by atoms with van der Waals surface area (Å²) in [6.45, 7) is 4.42. The van der Waals surface area contributed by atoms with Gasteiger partial charge in [0.15, 0.2) is 9.84 Å². The van der Waals surface area contributed by atoms with Gasteiger partial charge < -0.3 is 5.32 Å². The fraction of sp³-hybridized carbons (Fsp3) is 0.444. The van der Waals surface area contributed by atoms with Gasteiger partial charge in [0.1, 0.15) is 10.8 Å². The highest BCUT2D eigenvalue weighted by Crippen LogP contribution is 2.26. The summed E-state index contributed by atoms with van der Waals surface area (Å²) in [5, 5.41) is 4.42. The summed E-state index contributed by atoms with van der Waals surface area (Å²) in [6, 6.07) is 6.22. The van der Waals surface area contributed by atoms with Crippen LogP contribution >= 0.6 is 11.3 Å². The van der Waals surface area contributed by atoms with E-state index in [1.165, 1.54) is 23.5 Å². The topological polar surface area (TPSA) is 76.1 Å². The molecule has 1 amide bonds. The highest BCUT2D eigenvalue weighted by Gasteiger charge is 2.30. The quantitative estimate of drug-likeness (QED) is 0.739. The minimum absolute atomic E-state index is 0.152. The number of hydrogen-bond donors (Lipinski definition) is 1. The Morgan fingerprint density at radius 3 is 2.29 bits per heavy atom. The highest BCUT2D eigenvalue weighted by atomic mass is 32.2. The van der Waals surface area contributed by atoms with Crippen LogP contribution in [0.25, 0.3) is 11.3 Å². The van der Waals surface area contributed by atoms with Gasteiger partial charge in [-0.1, -0.05) is 12.1 Å². The Labute approximate surface area is 165 Å². The molecule has 5 nitrogen and oxygen atoms in total. The summed E-state index contributed by atoms with van der Waals surface area (Å²) in [4.78, 5) is 16.2. The first-order valence-corrected chi connectivity index (χ1v) is 10.9. The third-order valence-corrected chi connectivity index (χ3v) is 7.49. The number of aromatic nitrogens is 1. The van der Waals surface area contributed by atoms with Gasteiger partial charge in [-0.25, -0.2) is 13.4 Å². The van der Waals surface area contributed by atoms with Gasteiger partial charge >= 0.3 is 6.18 Å². The second kappa shape index (κ2) is 8.20. The Morgan fingerprint density at radius 2 is 1.75 bits per heavy atom. The number of sulfone groups is 1. The van der Waals surface area contributed by atoms with Crippen molar-refractivity contribution < 1.29 is 26.4 Å². The van der Waals surface area contributed by atoms with Crippen LogP contribution in [0.1, 0.15) is 42.6 Å². The van der Waals surface area contributed by atoms with E-state index >= 15 is 0 Å². The first-order valence-electron chi connectivity index (χ1n) is 8.40. The standard InChI is InChI=1S/C18H21F3N2O3S2/c1-17(2,3)28(25,26)11-15-23-14(10-27-15)12-4-6-13(7-5-12)16(24)22-9-8-18(19,20)21/h4-7,10H,8-9,11H2,1-3H3,(H,22,24). The Bertz CT molecular complexity index is 928. The fourth-order valence-electron chi connectivity index (χ4n) is 2.10. The summed E-state index contributed by atoms with van der Waals surface area (Å²) in [5.41, 5.74) is 1.49. The van der Waals surface area contributed by atoms with E-state index in [1.807, 2.05) is 0 Å². The van der Waals surface area contributed by atoms with Crippen LogP contribution in [0.4, 0.5) is 13.2 Å². The van der Waals surface area contributed by atoms with Crippen molar-refractivity contribution in [2.75, 3.05) is 6.54 Å². The van der Waals surface area contributed by atoms with Gasteiger partial charge in [0.25, 0.3) is 5.91 Å². The van der Waals surface area contributed by atoms with E-state index in [0.29, 0.717) is 16.3 Å². The number of carbonyl (C=O) groups is 1. The lowest BCUT2D eigenvalue weighted by Gasteiger charge is -2.17. The molecule has 0 aliphatic heterocycles. The summed E-state index contributed by atoms with van der Waals surface area (Å²) < 4.78 is 60.1. The number of halogens is 3. The first-order chi connectivity index (χ1) is 12.8. The predicted molar refractivity (Wildman–Crippen MR) is 103 cm³/mol. The number of amides is 1. The number of hydrogen-bond acceptors (Lipinski definition) is 5. The number of benzene rings is 1. The van der Waals surface area contributed by atoms with Crippen molar-refractivity contribution >= 4 is 27.1 Å². The summed E-state index contributed by atoms with van der Waals surface area (Å²) >= 11 is 1.24. The Balaban J connectivity index is 2.04. The van der Waals surface area contributed by atoms with Crippen molar-refractivity contribution in [1.82, 2.24) is 10.3 Å². The molecule has 0 aliphatic rings. The Kier molecular flexibility index (Phi) is 6.55. The molecule has 1 heterocycles. The second-order valence-electron chi connectivity index (χ2n) is 7.20. The Morgan fingerprint density at radius 1 is 1.14 bits per heavy atom. The highest BCUT2D eigenvalue weighted by molar-refractivity contribution is 7.92. The molecular weight excluding hydrogens is 413 g/mol. The van der Waals surface area contributed by atoms with E-state index in [1.54, 1.807) is 38.3 Å². The molecular formula is C18H21F3N2O3S2. The normalized spacial score (nSPS) is 12.8. The van der Waals surface area contributed by atoms with Crippen molar-refractivity contribution in [3.63, 3.8) is 0 Å². The summed E-state index contributed by atoms with van der Waals surface area (Å²) in [5.74, 6) is -0.744. The van der Waals surface area contributed by atoms with Crippen LogP contribution in [0.5, 0.6) is 0 Å². The largest absolute Gasteiger partial charge is 0.390 e. The minimum atomic E-state index is -4.32. The molecule has 0 saturated carbocycles. The molecule has 154 valence electrons. The maximum atomic E-state index is 12.3. The average molecular weight is 435 g/mol. The van der Waals surface area contributed by atoms with Gasteiger partial charge in [0, 0.05) is 23.1 Å². The van der Waals surface area contributed by atoms with Crippen LogP contribution in [0, 0.1) is 0 Å². The number of carbonyl (C=O) groups excluding carboxylic acids is 1. The van der Waals surface area contributed by atoms with Crippen LogP contribution in [0.2, 0.25) is 0 Å². The zero-order valence-corrected chi connectivity index (χ0v) is 17.3. The molecule has 2 aromatic rings. The molecule has 1 aromatic carbocycles. The SMILES string of the molecule is CC(C)(C)S(=O)(=O)Cc1nc(-c2ccc(C(=O)NCCC(F)(F)F)cc2)cs1. The molecule has 0 atom stereocenters. The molecule has 0 radical (unpaired) electrons. The van der Waals surface area contributed by atoms with Gasteiger partial charge in [0.05, 0.1) is 16.9 Å². The maximum Gasteiger partial charge on any atom is 0.390 e. The maximum absolute atomic E-state index is 12.3. The van der Waals surface area contributed by atoms with E-state index in [-0.39, 0.29) is 11.3 Å². The second-order valence-corrected chi connectivity index (χ2v) is 10.9. The molecule has 0 bridgehead atoms. The minimum Gasteiger partial charge on any atom is -0.352 e. The summed E-state index contributed by atoms with van der Waals surface area (Å²) in [7, 11) is -3.34. The van der Waals surface area contributed by atoms with Crippen LogP contribution in [0.15, 0.2) is 29.6 Å². The third kappa shape index (κ3) is 6.03. The van der Waals surface area contributed by atoms with Gasteiger partial charge in [-0.2, -0.15) is 13.2 Å². The number of thiazole rings is 1. The van der Waals surface area contributed by atoms with E-state index < -0.39 is 39.6 Å². The van der Waals surface area contributed by atoms with Crippen molar-refractivity contribution in [3.05, 3.63) is 40.2 Å². The molecule has 28 heavy (non-hydrogen) atoms. The fourth-order valence-corrected chi connectivity index (χ4v) is 4.25. The zero-order chi connectivity index (χ0) is 21.2. The molecule has 1 N–H and O–H groups in total. The number of rotatable bonds is 6. The lowest BCUT2D eigenvalue weighted by Crippen LogP contribution is -2.29. The lowest BCUT2D eigenvalue weighted by atomic mass is 10.1. The molecule has 0 spiro atoms. The predicted octanol–water partition coefficient (Wildman–Crippen LogP) is 4.21. The van der Waals surface area contributed by atoms with E-state index in [0.717, 1.165) is 0 Å². The van der Waals surface area contributed by atoms with E-state index in [9.17, 15) is 26.4 Å². The van der Waals surface area contributed by atoms with E-state index in [4.69, 9.17) is 0 Å². The molecule has 0 unspecified atom stereocenters. The molecule has 2 rings (SSSR count). The van der Waals surface area contributed by atoms with Crippen molar-refractivity contribution in [1.29, 1.82) is 0 Å². The van der Waals surface area contributed by atoms with Gasteiger partial charge in [-0.15, -0.1) is 11.3 Å². The van der Waals surface area contributed by atoms with Crippen molar-refractivity contribution in [2.24, 2.45) is 0 Å². The number of alkyl halides is 3. The molecule has 10 heteroatoms. The Hall–Kier alpha value is -1.94. The van der Waals surface area contributed by atoms with Gasteiger partial charge in [0.2, 0.25) is 0 Å². The average Bonchev–Trinajstić information content (AvgIpc) is 3.00. The molecule has 0 aliphatic carbocycles. The third-order valence-electron chi connectivity index (χ3n) is 3.94. The van der Waals surface area contributed by atoms with Gasteiger partial charge in [-0.3, -0.25) is 4.79 Å². The lowest BCUT2D eigenvalue weighted by molar-refractivity contribution is -0.132. The van der Waals surface area contributed by atoms with Crippen LogP contribution in [-0.4, -0.2) is 36.8 Å². The van der Waals surface area contributed by atoms with Crippen LogP contribution < -0.4 is 5.32 Å². The monoisotopic (exact) mass is 434 g/mol. The number of nitrogens with zero attached hydrogens (tertiary/aromatic N) is 1. The van der Waals surface area contributed by atoms with Crippen molar-refractivity contribution in [2.45, 2.75) is 43.9 Å². The molecule has 0 saturated heterocycles. The van der Waals surface area contributed by atoms with E-state index in [2.05, 4.69) is 10.3 Å². The molecule has 1 aromatic heterocycles.